The number of hydrogen-bond donors (Lipinski definition) is 3. The van der Waals surface area contributed by atoms with Crippen LogP contribution in [0.25, 0.3) is 0 Å². The molecule has 6 nitrogen and oxygen atoms in total. The summed E-state index contributed by atoms with van der Waals surface area (Å²) in [6, 6.07) is 8.22. The van der Waals surface area contributed by atoms with Crippen molar-refractivity contribution in [3.8, 4) is 0 Å². The number of rotatable bonds is 7. The largest absolute Gasteiger partial charge is 0.480 e. The number of carboxylic acids is 1. The first-order valence-corrected chi connectivity index (χ1v) is 8.73. The van der Waals surface area contributed by atoms with Gasteiger partial charge in [-0.15, -0.1) is 11.3 Å². The van der Waals surface area contributed by atoms with Gasteiger partial charge in [-0.3, -0.25) is 14.4 Å². The molecular formula is C18H20N2O4S. The SMILES string of the molecule is CCCc1cc(C(=O)Nc2ccc(C(=O)NCC(=O)O)cc2)sc1C. The molecule has 0 bridgehead atoms. The molecule has 1 aromatic heterocycles. The molecule has 0 saturated carbocycles. The first-order valence-electron chi connectivity index (χ1n) is 7.91. The molecule has 2 aromatic rings. The number of carboxylic acid groups (broad SMARTS) is 1. The van der Waals surface area contributed by atoms with E-state index in [-0.39, 0.29) is 5.91 Å². The Morgan fingerprint density at radius 2 is 1.80 bits per heavy atom. The van der Waals surface area contributed by atoms with E-state index < -0.39 is 18.4 Å². The summed E-state index contributed by atoms with van der Waals surface area (Å²) in [4.78, 5) is 36.3. The highest BCUT2D eigenvalue weighted by atomic mass is 32.1. The third-order valence-electron chi connectivity index (χ3n) is 3.57. The lowest BCUT2D eigenvalue weighted by atomic mass is 10.1. The fourth-order valence-corrected chi connectivity index (χ4v) is 3.27. The van der Waals surface area contributed by atoms with Gasteiger partial charge in [-0.1, -0.05) is 13.3 Å². The highest BCUT2D eigenvalue weighted by Gasteiger charge is 2.13. The lowest BCUT2D eigenvalue weighted by Gasteiger charge is -2.06. The van der Waals surface area contributed by atoms with Crippen molar-refractivity contribution in [3.63, 3.8) is 0 Å². The molecule has 0 fully saturated rings. The van der Waals surface area contributed by atoms with Gasteiger partial charge in [-0.05, 0) is 49.2 Å². The van der Waals surface area contributed by atoms with E-state index in [0.717, 1.165) is 17.7 Å². The van der Waals surface area contributed by atoms with E-state index in [0.29, 0.717) is 16.1 Å². The maximum atomic E-state index is 12.3. The van der Waals surface area contributed by atoms with Gasteiger partial charge >= 0.3 is 5.97 Å². The average Bonchev–Trinajstić information content (AvgIpc) is 2.95. The van der Waals surface area contributed by atoms with Crippen LogP contribution in [0.1, 0.15) is 43.8 Å². The van der Waals surface area contributed by atoms with Gasteiger partial charge in [0, 0.05) is 16.1 Å². The van der Waals surface area contributed by atoms with Crippen LogP contribution in [-0.4, -0.2) is 29.4 Å². The minimum atomic E-state index is -1.11. The van der Waals surface area contributed by atoms with Gasteiger partial charge in [-0.25, -0.2) is 0 Å². The summed E-state index contributed by atoms with van der Waals surface area (Å²) in [6.07, 6.45) is 1.99. The Morgan fingerprint density at radius 1 is 1.12 bits per heavy atom. The Hall–Kier alpha value is -2.67. The van der Waals surface area contributed by atoms with E-state index in [1.807, 2.05) is 13.0 Å². The van der Waals surface area contributed by atoms with Crippen molar-refractivity contribution in [3.05, 3.63) is 51.2 Å². The maximum absolute atomic E-state index is 12.3. The molecule has 2 rings (SSSR count). The molecule has 25 heavy (non-hydrogen) atoms. The Labute approximate surface area is 149 Å². The van der Waals surface area contributed by atoms with Crippen LogP contribution in [0.5, 0.6) is 0 Å². The van der Waals surface area contributed by atoms with E-state index in [1.165, 1.54) is 29.0 Å². The Bertz CT molecular complexity index is 781. The van der Waals surface area contributed by atoms with Gasteiger partial charge in [0.25, 0.3) is 11.8 Å². The predicted molar refractivity (Wildman–Crippen MR) is 97.4 cm³/mol. The maximum Gasteiger partial charge on any atom is 0.322 e. The average molecular weight is 360 g/mol. The molecule has 3 N–H and O–H groups in total. The summed E-state index contributed by atoms with van der Waals surface area (Å²) in [5.41, 5.74) is 2.10. The second kappa shape index (κ2) is 8.43. The zero-order valence-corrected chi connectivity index (χ0v) is 14.9. The predicted octanol–water partition coefficient (Wildman–Crippen LogP) is 3.08. The van der Waals surface area contributed by atoms with Crippen LogP contribution in [0.2, 0.25) is 0 Å². The smallest absolute Gasteiger partial charge is 0.322 e. The van der Waals surface area contributed by atoms with E-state index in [4.69, 9.17) is 5.11 Å². The molecule has 0 aliphatic heterocycles. The molecule has 0 atom stereocenters. The molecule has 0 spiro atoms. The fourth-order valence-electron chi connectivity index (χ4n) is 2.30. The number of nitrogens with one attached hydrogen (secondary N) is 2. The van der Waals surface area contributed by atoms with Crippen LogP contribution in [0.4, 0.5) is 5.69 Å². The van der Waals surface area contributed by atoms with Crippen molar-refractivity contribution in [2.75, 3.05) is 11.9 Å². The standard InChI is InChI=1S/C18H20N2O4S/c1-3-4-13-9-15(25-11(13)2)18(24)20-14-7-5-12(6-8-14)17(23)19-10-16(21)22/h5-9H,3-4,10H2,1-2H3,(H,19,23)(H,20,24)(H,21,22). The zero-order valence-electron chi connectivity index (χ0n) is 14.1. The van der Waals surface area contributed by atoms with Crippen LogP contribution in [0, 0.1) is 6.92 Å². The molecule has 0 aliphatic carbocycles. The number of aliphatic carboxylic acids is 1. The molecule has 0 unspecified atom stereocenters. The van der Waals surface area contributed by atoms with Crippen molar-refractivity contribution in [1.82, 2.24) is 5.32 Å². The van der Waals surface area contributed by atoms with Gasteiger partial charge in [0.2, 0.25) is 0 Å². The normalized spacial score (nSPS) is 10.3. The molecule has 2 amide bonds. The van der Waals surface area contributed by atoms with Gasteiger partial charge in [0.05, 0.1) is 4.88 Å². The molecule has 0 saturated heterocycles. The quantitative estimate of drug-likeness (QED) is 0.707. The van der Waals surface area contributed by atoms with Crippen molar-refractivity contribution in [2.45, 2.75) is 26.7 Å². The first kappa shape index (κ1) is 18.7. The van der Waals surface area contributed by atoms with Gasteiger partial charge in [-0.2, -0.15) is 0 Å². The summed E-state index contributed by atoms with van der Waals surface area (Å²) in [5.74, 6) is -1.76. The van der Waals surface area contributed by atoms with Crippen LogP contribution in [-0.2, 0) is 11.2 Å². The summed E-state index contributed by atoms with van der Waals surface area (Å²) in [7, 11) is 0. The number of thiophene rings is 1. The van der Waals surface area contributed by atoms with Gasteiger partial charge in [0.1, 0.15) is 6.54 Å². The number of aryl methyl sites for hydroxylation is 2. The first-order chi connectivity index (χ1) is 11.9. The number of benzene rings is 1. The Morgan fingerprint density at radius 3 is 2.40 bits per heavy atom. The molecule has 1 heterocycles. The van der Waals surface area contributed by atoms with Gasteiger partial charge < -0.3 is 15.7 Å². The molecule has 1 aromatic carbocycles. The van der Waals surface area contributed by atoms with E-state index in [2.05, 4.69) is 17.6 Å². The van der Waals surface area contributed by atoms with Crippen LogP contribution in [0.15, 0.2) is 30.3 Å². The topological polar surface area (TPSA) is 95.5 Å². The number of hydrogen-bond acceptors (Lipinski definition) is 4. The summed E-state index contributed by atoms with van der Waals surface area (Å²) >= 11 is 1.47. The third kappa shape index (κ3) is 5.15. The molecule has 0 radical (unpaired) electrons. The Balaban J connectivity index is 2.00. The van der Waals surface area contributed by atoms with Crippen molar-refractivity contribution < 1.29 is 19.5 Å². The number of carbonyl (C=O) groups excluding carboxylic acids is 2. The molecular weight excluding hydrogens is 340 g/mol. The summed E-state index contributed by atoms with van der Waals surface area (Å²) in [6.45, 7) is 3.68. The highest BCUT2D eigenvalue weighted by molar-refractivity contribution is 7.14. The second-order valence-corrected chi connectivity index (χ2v) is 6.81. The van der Waals surface area contributed by atoms with Crippen molar-refractivity contribution >= 4 is 34.8 Å². The monoisotopic (exact) mass is 360 g/mol. The van der Waals surface area contributed by atoms with Crippen LogP contribution >= 0.6 is 11.3 Å². The second-order valence-electron chi connectivity index (χ2n) is 5.55. The minimum Gasteiger partial charge on any atom is -0.480 e. The number of carbonyl (C=O) groups is 3. The minimum absolute atomic E-state index is 0.182. The van der Waals surface area contributed by atoms with E-state index >= 15 is 0 Å². The summed E-state index contributed by atoms with van der Waals surface area (Å²) in [5, 5.41) is 13.6. The zero-order chi connectivity index (χ0) is 18.4. The number of anilines is 1. The fraction of sp³-hybridized carbons (Fsp3) is 0.278. The van der Waals surface area contributed by atoms with E-state index in [1.54, 1.807) is 12.1 Å². The molecule has 7 heteroatoms. The van der Waals surface area contributed by atoms with Crippen molar-refractivity contribution in [1.29, 1.82) is 0 Å². The number of amides is 2. The van der Waals surface area contributed by atoms with Crippen LogP contribution in [0.3, 0.4) is 0 Å². The molecule has 132 valence electrons. The summed E-state index contributed by atoms with van der Waals surface area (Å²) < 4.78 is 0. The molecule has 0 aliphatic rings. The third-order valence-corrected chi connectivity index (χ3v) is 4.66. The highest BCUT2D eigenvalue weighted by Crippen LogP contribution is 2.24. The Kier molecular flexibility index (Phi) is 6.30. The van der Waals surface area contributed by atoms with Crippen LogP contribution < -0.4 is 10.6 Å². The van der Waals surface area contributed by atoms with E-state index in [9.17, 15) is 14.4 Å². The lowest BCUT2D eigenvalue weighted by Crippen LogP contribution is -2.29. The van der Waals surface area contributed by atoms with Crippen molar-refractivity contribution in [2.24, 2.45) is 0 Å². The lowest BCUT2D eigenvalue weighted by molar-refractivity contribution is -0.135. The van der Waals surface area contributed by atoms with Gasteiger partial charge in [0.15, 0.2) is 0 Å².